The Labute approximate surface area is 164 Å². The summed E-state index contributed by atoms with van der Waals surface area (Å²) in [6, 6.07) is 7.76. The molecular weight excluding hydrogens is 354 g/mol. The Morgan fingerprint density at radius 2 is 2.04 bits per heavy atom. The summed E-state index contributed by atoms with van der Waals surface area (Å²) < 4.78 is 7.22. The molecule has 28 heavy (non-hydrogen) atoms. The van der Waals surface area contributed by atoms with Gasteiger partial charge in [-0.2, -0.15) is 10.2 Å². The molecule has 0 spiro atoms. The van der Waals surface area contributed by atoms with E-state index in [-0.39, 0.29) is 17.4 Å². The van der Waals surface area contributed by atoms with E-state index in [9.17, 15) is 4.79 Å². The van der Waals surface area contributed by atoms with Crippen molar-refractivity contribution in [2.24, 2.45) is 5.41 Å². The van der Waals surface area contributed by atoms with Gasteiger partial charge in [0.15, 0.2) is 0 Å². The average molecular weight is 379 g/mol. The molecule has 4 rings (SSSR count). The van der Waals surface area contributed by atoms with Crippen LogP contribution in [0.2, 0.25) is 0 Å². The maximum atomic E-state index is 12.8. The lowest BCUT2D eigenvalue weighted by Gasteiger charge is -2.36. The molecule has 1 aromatic carbocycles. The number of aromatic amines is 1. The van der Waals surface area contributed by atoms with E-state index in [1.54, 1.807) is 13.3 Å². The fraction of sp³-hybridized carbons (Fsp3) is 0.381. The topological polar surface area (TPSA) is 84.8 Å². The van der Waals surface area contributed by atoms with Gasteiger partial charge >= 0.3 is 0 Å². The molecule has 0 fully saturated rings. The van der Waals surface area contributed by atoms with Crippen LogP contribution in [0.3, 0.4) is 0 Å². The summed E-state index contributed by atoms with van der Waals surface area (Å²) in [6.45, 7) is 6.30. The fourth-order valence-corrected chi connectivity index (χ4v) is 3.93. The number of aromatic nitrogens is 4. The van der Waals surface area contributed by atoms with E-state index in [0.29, 0.717) is 5.56 Å². The van der Waals surface area contributed by atoms with Gasteiger partial charge < -0.3 is 10.1 Å². The molecule has 0 unspecified atom stereocenters. The molecular formula is C21H25N5O2. The molecule has 3 aromatic rings. The average Bonchev–Trinajstić information content (AvgIpc) is 3.27. The van der Waals surface area contributed by atoms with Gasteiger partial charge in [-0.1, -0.05) is 13.8 Å². The highest BCUT2D eigenvalue weighted by Crippen LogP contribution is 2.41. The fourth-order valence-electron chi connectivity index (χ4n) is 3.93. The Kier molecular flexibility index (Phi) is 4.45. The van der Waals surface area contributed by atoms with E-state index < -0.39 is 0 Å². The zero-order chi connectivity index (χ0) is 19.9. The summed E-state index contributed by atoms with van der Waals surface area (Å²) in [6.07, 6.45) is 5.20. The molecule has 0 aliphatic heterocycles. The molecule has 0 saturated heterocycles. The third-order valence-corrected chi connectivity index (χ3v) is 5.38. The standard InChI is InChI=1S/C21H25N5O2/c1-13-16(11-22-25-13)20(27)24-18-9-21(2,3)10-19-17(18)12-23-26(19)14-5-7-15(28-4)8-6-14/h5-8,11-12,18H,9-10H2,1-4H3,(H,22,25)(H,24,27)/t18-/m1/s1. The zero-order valence-corrected chi connectivity index (χ0v) is 16.6. The first-order valence-electron chi connectivity index (χ1n) is 9.40. The number of methoxy groups -OCH3 is 1. The predicted octanol–water partition coefficient (Wildman–Crippen LogP) is 3.36. The Bertz CT molecular complexity index is 1000. The molecule has 1 atom stereocenters. The highest BCUT2D eigenvalue weighted by molar-refractivity contribution is 5.95. The Balaban J connectivity index is 1.67. The molecule has 7 nitrogen and oxygen atoms in total. The third-order valence-electron chi connectivity index (χ3n) is 5.38. The quantitative estimate of drug-likeness (QED) is 0.728. The first-order chi connectivity index (χ1) is 13.4. The van der Waals surface area contributed by atoms with Crippen LogP contribution in [-0.4, -0.2) is 33.0 Å². The Hall–Kier alpha value is -3.09. The van der Waals surface area contributed by atoms with Gasteiger partial charge in [-0.25, -0.2) is 4.68 Å². The Morgan fingerprint density at radius 1 is 1.29 bits per heavy atom. The number of H-pyrrole nitrogens is 1. The van der Waals surface area contributed by atoms with Crippen LogP contribution in [0.4, 0.5) is 0 Å². The predicted molar refractivity (Wildman–Crippen MR) is 106 cm³/mol. The van der Waals surface area contributed by atoms with E-state index in [1.165, 1.54) is 0 Å². The summed E-state index contributed by atoms with van der Waals surface area (Å²) >= 11 is 0. The minimum Gasteiger partial charge on any atom is -0.497 e. The summed E-state index contributed by atoms with van der Waals surface area (Å²) in [7, 11) is 1.66. The number of hydrogen-bond acceptors (Lipinski definition) is 4. The van der Waals surface area contributed by atoms with E-state index in [4.69, 9.17) is 4.74 Å². The van der Waals surface area contributed by atoms with Crippen molar-refractivity contribution < 1.29 is 9.53 Å². The molecule has 146 valence electrons. The molecule has 0 bridgehead atoms. The van der Waals surface area contributed by atoms with Gasteiger partial charge in [-0.3, -0.25) is 9.89 Å². The summed E-state index contributed by atoms with van der Waals surface area (Å²) in [5.74, 6) is 0.697. The van der Waals surface area contributed by atoms with Crippen molar-refractivity contribution in [3.05, 3.63) is 59.2 Å². The lowest BCUT2D eigenvalue weighted by Crippen LogP contribution is -2.36. The van der Waals surface area contributed by atoms with Crippen LogP contribution in [0.25, 0.3) is 5.69 Å². The maximum absolute atomic E-state index is 12.8. The first kappa shape index (κ1) is 18.3. The maximum Gasteiger partial charge on any atom is 0.255 e. The number of ether oxygens (including phenoxy) is 1. The first-order valence-corrected chi connectivity index (χ1v) is 9.40. The van der Waals surface area contributed by atoms with Crippen molar-refractivity contribution >= 4 is 5.91 Å². The van der Waals surface area contributed by atoms with Crippen LogP contribution in [0, 0.1) is 12.3 Å². The number of carbonyl (C=O) groups is 1. The lowest BCUT2D eigenvalue weighted by molar-refractivity contribution is 0.0918. The van der Waals surface area contributed by atoms with Crippen LogP contribution < -0.4 is 10.1 Å². The van der Waals surface area contributed by atoms with E-state index >= 15 is 0 Å². The second kappa shape index (κ2) is 6.82. The molecule has 1 aliphatic carbocycles. The summed E-state index contributed by atoms with van der Waals surface area (Å²) in [5.41, 5.74) is 4.57. The van der Waals surface area contributed by atoms with Gasteiger partial charge in [-0.05, 0) is 49.4 Å². The van der Waals surface area contributed by atoms with Gasteiger partial charge in [0.2, 0.25) is 0 Å². The van der Waals surface area contributed by atoms with Gasteiger partial charge in [0.1, 0.15) is 5.75 Å². The highest BCUT2D eigenvalue weighted by Gasteiger charge is 2.36. The SMILES string of the molecule is COc1ccc(-n2ncc3c2CC(C)(C)C[C@H]3NC(=O)c2cn[nH]c2C)cc1. The zero-order valence-electron chi connectivity index (χ0n) is 16.6. The largest absolute Gasteiger partial charge is 0.497 e. The van der Waals surface area contributed by atoms with Gasteiger partial charge in [0.05, 0.1) is 42.5 Å². The molecule has 2 N–H and O–H groups in total. The van der Waals surface area contributed by atoms with Gasteiger partial charge in [0.25, 0.3) is 5.91 Å². The smallest absolute Gasteiger partial charge is 0.255 e. The van der Waals surface area contributed by atoms with Crippen LogP contribution in [0.15, 0.2) is 36.7 Å². The van der Waals surface area contributed by atoms with Crippen molar-refractivity contribution in [3.63, 3.8) is 0 Å². The van der Waals surface area contributed by atoms with E-state index in [0.717, 1.165) is 41.2 Å². The Morgan fingerprint density at radius 3 is 2.68 bits per heavy atom. The van der Waals surface area contributed by atoms with E-state index in [2.05, 4.69) is 34.5 Å². The van der Waals surface area contributed by atoms with Gasteiger partial charge in [-0.15, -0.1) is 0 Å². The number of aryl methyl sites for hydroxylation is 1. The van der Waals surface area contributed by atoms with Gasteiger partial charge in [0, 0.05) is 11.3 Å². The number of amides is 1. The minimum atomic E-state index is -0.114. The van der Waals surface area contributed by atoms with Crippen LogP contribution in [-0.2, 0) is 6.42 Å². The summed E-state index contributed by atoms with van der Waals surface area (Å²) in [4.78, 5) is 12.8. The number of carbonyl (C=O) groups excluding carboxylic acids is 1. The molecule has 1 amide bonds. The second-order valence-electron chi connectivity index (χ2n) is 8.14. The highest BCUT2D eigenvalue weighted by atomic mass is 16.5. The van der Waals surface area contributed by atoms with Crippen LogP contribution >= 0.6 is 0 Å². The monoisotopic (exact) mass is 379 g/mol. The number of benzene rings is 1. The number of nitrogens with zero attached hydrogens (tertiary/aromatic N) is 3. The van der Waals surface area contributed by atoms with Crippen molar-refractivity contribution in [3.8, 4) is 11.4 Å². The van der Waals surface area contributed by atoms with Crippen LogP contribution in [0.1, 0.15) is 53.6 Å². The van der Waals surface area contributed by atoms with Crippen molar-refractivity contribution in [2.75, 3.05) is 7.11 Å². The van der Waals surface area contributed by atoms with E-state index in [1.807, 2.05) is 42.1 Å². The molecule has 2 heterocycles. The number of rotatable bonds is 4. The van der Waals surface area contributed by atoms with Crippen molar-refractivity contribution in [1.82, 2.24) is 25.3 Å². The normalized spacial score (nSPS) is 17.8. The minimum absolute atomic E-state index is 0.0423. The molecule has 0 radical (unpaired) electrons. The summed E-state index contributed by atoms with van der Waals surface area (Å²) in [5, 5.41) is 14.6. The van der Waals surface area contributed by atoms with Crippen molar-refractivity contribution in [1.29, 1.82) is 0 Å². The molecule has 7 heteroatoms. The number of hydrogen-bond donors (Lipinski definition) is 2. The lowest BCUT2D eigenvalue weighted by atomic mass is 9.74. The second-order valence-corrected chi connectivity index (χ2v) is 8.14. The third kappa shape index (κ3) is 3.28. The molecule has 0 saturated carbocycles. The number of nitrogens with one attached hydrogen (secondary N) is 2. The van der Waals surface area contributed by atoms with Crippen LogP contribution in [0.5, 0.6) is 5.75 Å². The molecule has 1 aliphatic rings. The number of fused-ring (bicyclic) bond motifs is 1. The van der Waals surface area contributed by atoms with Crippen molar-refractivity contribution in [2.45, 2.75) is 39.7 Å². The molecule has 2 aromatic heterocycles.